The second-order valence-corrected chi connectivity index (χ2v) is 5.39. The predicted molar refractivity (Wildman–Crippen MR) is 71.9 cm³/mol. The van der Waals surface area contributed by atoms with E-state index in [2.05, 4.69) is 44.6 Å². The van der Waals surface area contributed by atoms with E-state index in [-0.39, 0.29) is 6.04 Å². The summed E-state index contributed by atoms with van der Waals surface area (Å²) in [5.41, 5.74) is 2.49. The third kappa shape index (κ3) is 2.19. The van der Waals surface area contributed by atoms with Crippen LogP contribution in [0.15, 0.2) is 34.4 Å². The average Bonchev–Trinajstić information content (AvgIpc) is 2.69. The lowest BCUT2D eigenvalue weighted by Gasteiger charge is -2.17. The Morgan fingerprint density at radius 2 is 2.25 bits per heavy atom. The zero-order valence-corrected chi connectivity index (χ0v) is 11.6. The molecule has 1 N–H and O–H groups in total. The lowest BCUT2D eigenvalue weighted by atomic mass is 10.0. The molecule has 0 amide bonds. The highest BCUT2D eigenvalue weighted by molar-refractivity contribution is 9.10. The second kappa shape index (κ2) is 5.08. The molecule has 0 spiro atoms. The number of hydrogen-bond acceptors (Lipinski definition) is 3. The van der Waals surface area contributed by atoms with Gasteiger partial charge >= 0.3 is 0 Å². The molecule has 0 aromatic carbocycles. The predicted octanol–water partition coefficient (Wildman–Crippen LogP) is 3.52. The molecule has 0 bridgehead atoms. The van der Waals surface area contributed by atoms with Crippen molar-refractivity contribution in [3.8, 4) is 0 Å². The van der Waals surface area contributed by atoms with Crippen LogP contribution in [-0.2, 0) is 0 Å². The van der Waals surface area contributed by atoms with Crippen molar-refractivity contribution in [3.63, 3.8) is 0 Å². The van der Waals surface area contributed by atoms with Crippen molar-refractivity contribution in [2.24, 2.45) is 0 Å². The van der Waals surface area contributed by atoms with Gasteiger partial charge in [-0.3, -0.25) is 4.98 Å². The number of hydrogen-bond donors (Lipinski definition) is 1. The van der Waals surface area contributed by atoms with Gasteiger partial charge in [-0.2, -0.15) is 0 Å². The lowest BCUT2D eigenvalue weighted by Crippen LogP contribution is -2.18. The molecule has 2 aromatic rings. The van der Waals surface area contributed by atoms with Crippen LogP contribution in [-0.4, -0.2) is 12.0 Å². The number of pyridine rings is 1. The van der Waals surface area contributed by atoms with Crippen molar-refractivity contribution in [3.05, 3.63) is 50.4 Å². The number of nitrogens with zero attached hydrogens (tertiary/aromatic N) is 1. The van der Waals surface area contributed by atoms with Crippen LogP contribution in [0.2, 0.25) is 0 Å². The Balaban J connectivity index is 2.45. The zero-order chi connectivity index (χ0) is 11.5. The Morgan fingerprint density at radius 1 is 1.44 bits per heavy atom. The largest absolute Gasteiger partial charge is 0.309 e. The van der Waals surface area contributed by atoms with Gasteiger partial charge in [0.05, 0.1) is 6.04 Å². The molecule has 0 saturated carbocycles. The Hall–Kier alpha value is -0.710. The summed E-state index contributed by atoms with van der Waals surface area (Å²) in [5.74, 6) is 0. The first kappa shape index (κ1) is 11.8. The first-order valence-corrected chi connectivity index (χ1v) is 6.72. The molecule has 0 saturated heterocycles. The molecule has 2 aromatic heterocycles. The molecule has 1 unspecified atom stereocenters. The van der Waals surface area contributed by atoms with Crippen LogP contribution in [0.25, 0.3) is 0 Å². The molecule has 1 atom stereocenters. The van der Waals surface area contributed by atoms with Gasteiger partial charge in [0.2, 0.25) is 0 Å². The molecule has 84 valence electrons. The Labute approximate surface area is 108 Å². The summed E-state index contributed by atoms with van der Waals surface area (Å²) in [5, 5.41) is 5.44. The van der Waals surface area contributed by atoms with Gasteiger partial charge in [0, 0.05) is 21.7 Å². The highest BCUT2D eigenvalue weighted by atomic mass is 79.9. The second-order valence-electron chi connectivity index (χ2n) is 3.59. The molecule has 2 rings (SSSR count). The van der Waals surface area contributed by atoms with E-state index in [1.54, 1.807) is 11.3 Å². The van der Waals surface area contributed by atoms with E-state index in [1.165, 1.54) is 16.0 Å². The third-order valence-corrected chi connectivity index (χ3v) is 4.52. The highest BCUT2D eigenvalue weighted by Gasteiger charge is 2.17. The summed E-state index contributed by atoms with van der Waals surface area (Å²) < 4.78 is 1.15. The molecule has 0 fully saturated rings. The molecule has 2 heterocycles. The average molecular weight is 297 g/mol. The van der Waals surface area contributed by atoms with Gasteiger partial charge in [-0.05, 0) is 58.5 Å². The van der Waals surface area contributed by atoms with Crippen LogP contribution in [0.3, 0.4) is 0 Å². The summed E-state index contributed by atoms with van der Waals surface area (Å²) in [7, 11) is 1.98. The zero-order valence-electron chi connectivity index (χ0n) is 9.20. The van der Waals surface area contributed by atoms with Crippen molar-refractivity contribution in [2.75, 3.05) is 7.05 Å². The fraction of sp³-hybridized carbons (Fsp3) is 0.250. The number of halogens is 1. The van der Waals surface area contributed by atoms with Gasteiger partial charge in [0.25, 0.3) is 0 Å². The van der Waals surface area contributed by atoms with Crippen LogP contribution in [0.5, 0.6) is 0 Å². The molecular weight excluding hydrogens is 284 g/mol. The van der Waals surface area contributed by atoms with Gasteiger partial charge in [-0.25, -0.2) is 0 Å². The minimum Gasteiger partial charge on any atom is -0.309 e. The van der Waals surface area contributed by atoms with Gasteiger partial charge in [0.1, 0.15) is 0 Å². The fourth-order valence-electron chi connectivity index (χ4n) is 1.72. The maximum absolute atomic E-state index is 4.20. The van der Waals surface area contributed by atoms with E-state index in [4.69, 9.17) is 0 Å². The first-order chi connectivity index (χ1) is 7.74. The van der Waals surface area contributed by atoms with Gasteiger partial charge in [0.15, 0.2) is 0 Å². The quantitative estimate of drug-likeness (QED) is 0.937. The van der Waals surface area contributed by atoms with E-state index >= 15 is 0 Å². The van der Waals surface area contributed by atoms with Gasteiger partial charge in [-0.15, -0.1) is 11.3 Å². The number of aryl methyl sites for hydroxylation is 1. The summed E-state index contributed by atoms with van der Waals surface area (Å²) >= 11 is 5.33. The minimum atomic E-state index is 0.211. The summed E-state index contributed by atoms with van der Waals surface area (Å²) in [4.78, 5) is 5.49. The summed E-state index contributed by atoms with van der Waals surface area (Å²) in [6, 6.07) is 4.33. The van der Waals surface area contributed by atoms with Crippen molar-refractivity contribution in [1.29, 1.82) is 0 Å². The molecule has 0 radical (unpaired) electrons. The number of aromatic nitrogens is 1. The van der Waals surface area contributed by atoms with Crippen LogP contribution in [0, 0.1) is 6.92 Å². The third-order valence-electron chi connectivity index (χ3n) is 2.59. The van der Waals surface area contributed by atoms with Crippen molar-refractivity contribution in [1.82, 2.24) is 10.3 Å². The monoisotopic (exact) mass is 296 g/mol. The number of nitrogens with one attached hydrogen (secondary N) is 1. The highest BCUT2D eigenvalue weighted by Crippen LogP contribution is 2.33. The van der Waals surface area contributed by atoms with E-state index in [0.717, 1.165) is 4.47 Å². The van der Waals surface area contributed by atoms with Crippen LogP contribution >= 0.6 is 27.3 Å². The first-order valence-electron chi connectivity index (χ1n) is 5.04. The van der Waals surface area contributed by atoms with E-state index in [9.17, 15) is 0 Å². The molecule has 2 nitrogen and oxygen atoms in total. The Bertz CT molecular complexity index is 481. The standard InChI is InChI=1S/C12H13BrN2S/c1-8-3-5-15-7-9(8)11(14-2)12-10(13)4-6-16-12/h3-7,11,14H,1-2H3. The maximum atomic E-state index is 4.20. The van der Waals surface area contributed by atoms with Crippen molar-refractivity contribution in [2.45, 2.75) is 13.0 Å². The van der Waals surface area contributed by atoms with E-state index in [1.807, 2.05) is 25.5 Å². The molecule has 16 heavy (non-hydrogen) atoms. The van der Waals surface area contributed by atoms with Crippen LogP contribution in [0.1, 0.15) is 22.0 Å². The topological polar surface area (TPSA) is 24.9 Å². The molecule has 0 aliphatic rings. The molecule has 0 aliphatic heterocycles. The molecule has 4 heteroatoms. The lowest BCUT2D eigenvalue weighted by molar-refractivity contribution is 0.693. The van der Waals surface area contributed by atoms with Gasteiger partial charge in [-0.1, -0.05) is 0 Å². The van der Waals surface area contributed by atoms with Crippen molar-refractivity contribution < 1.29 is 0 Å². The summed E-state index contributed by atoms with van der Waals surface area (Å²) in [6.07, 6.45) is 3.76. The Kier molecular flexibility index (Phi) is 3.74. The molecular formula is C12H13BrN2S. The van der Waals surface area contributed by atoms with Gasteiger partial charge < -0.3 is 5.32 Å². The molecule has 0 aliphatic carbocycles. The number of rotatable bonds is 3. The SMILES string of the molecule is CNC(c1cnccc1C)c1sccc1Br. The summed E-state index contributed by atoms with van der Waals surface area (Å²) in [6.45, 7) is 2.11. The van der Waals surface area contributed by atoms with Crippen LogP contribution in [0.4, 0.5) is 0 Å². The van der Waals surface area contributed by atoms with Crippen LogP contribution < -0.4 is 5.32 Å². The smallest absolute Gasteiger partial charge is 0.0697 e. The Morgan fingerprint density at radius 3 is 2.81 bits per heavy atom. The fourth-order valence-corrected chi connectivity index (χ4v) is 3.45. The minimum absolute atomic E-state index is 0.211. The normalized spacial score (nSPS) is 12.7. The van der Waals surface area contributed by atoms with E-state index < -0.39 is 0 Å². The van der Waals surface area contributed by atoms with Crippen molar-refractivity contribution >= 4 is 27.3 Å². The maximum Gasteiger partial charge on any atom is 0.0697 e. The van der Waals surface area contributed by atoms with E-state index in [0.29, 0.717) is 0 Å². The number of thiophene rings is 1.